The van der Waals surface area contributed by atoms with Crippen LogP contribution in [0.1, 0.15) is 33.1 Å². The molecule has 0 saturated heterocycles. The van der Waals surface area contributed by atoms with Crippen LogP contribution >= 0.6 is 0 Å². The molecule has 1 N–H and O–H groups in total. The summed E-state index contributed by atoms with van der Waals surface area (Å²) in [4.78, 5) is 0. The maximum absolute atomic E-state index is 5.44. The Morgan fingerprint density at radius 3 is 2.57 bits per heavy atom. The van der Waals surface area contributed by atoms with Gasteiger partial charge in [0.25, 0.3) is 0 Å². The molecule has 0 aliphatic rings. The largest absolute Gasteiger partial charge is 0.383 e. The highest BCUT2D eigenvalue weighted by molar-refractivity contribution is 4.62. The number of rotatable bonds is 10. The van der Waals surface area contributed by atoms with E-state index in [0.717, 1.165) is 39.2 Å². The highest BCUT2D eigenvalue weighted by atomic mass is 16.5. The Kier molecular flexibility index (Phi) is 10.9. The van der Waals surface area contributed by atoms with Crippen molar-refractivity contribution in [2.24, 2.45) is 0 Å². The van der Waals surface area contributed by atoms with Gasteiger partial charge in [0, 0.05) is 26.3 Å². The summed E-state index contributed by atoms with van der Waals surface area (Å²) >= 11 is 0. The third-order valence-electron chi connectivity index (χ3n) is 2.18. The molecule has 14 heavy (non-hydrogen) atoms. The Labute approximate surface area is 88.2 Å². The highest BCUT2D eigenvalue weighted by Gasteiger charge is 2.02. The molecule has 0 rings (SSSR count). The Morgan fingerprint density at radius 1 is 1.21 bits per heavy atom. The first-order valence-corrected chi connectivity index (χ1v) is 5.65. The summed E-state index contributed by atoms with van der Waals surface area (Å²) < 4.78 is 10.5. The van der Waals surface area contributed by atoms with E-state index in [1.807, 2.05) is 0 Å². The second-order valence-corrected chi connectivity index (χ2v) is 3.48. The summed E-state index contributed by atoms with van der Waals surface area (Å²) in [6.45, 7) is 7.73. The van der Waals surface area contributed by atoms with Crippen molar-refractivity contribution in [3.63, 3.8) is 0 Å². The van der Waals surface area contributed by atoms with E-state index in [0.29, 0.717) is 6.04 Å². The van der Waals surface area contributed by atoms with Gasteiger partial charge < -0.3 is 14.8 Å². The van der Waals surface area contributed by atoms with Gasteiger partial charge in [-0.3, -0.25) is 0 Å². The minimum atomic E-state index is 0.467. The number of nitrogens with one attached hydrogen (secondary N) is 1. The quantitative estimate of drug-likeness (QED) is 0.549. The third-order valence-corrected chi connectivity index (χ3v) is 2.18. The highest BCUT2D eigenvalue weighted by Crippen LogP contribution is 1.91. The molecule has 0 fully saturated rings. The van der Waals surface area contributed by atoms with Crippen molar-refractivity contribution in [2.45, 2.75) is 39.2 Å². The molecule has 0 aromatic heterocycles. The van der Waals surface area contributed by atoms with Crippen LogP contribution in [0.4, 0.5) is 0 Å². The van der Waals surface area contributed by atoms with Gasteiger partial charge in [-0.1, -0.05) is 20.3 Å². The fraction of sp³-hybridized carbons (Fsp3) is 1.00. The molecule has 1 unspecified atom stereocenters. The Bertz CT molecular complexity index is 109. The van der Waals surface area contributed by atoms with E-state index in [2.05, 4.69) is 19.2 Å². The van der Waals surface area contributed by atoms with Gasteiger partial charge in [0.05, 0.1) is 13.2 Å². The lowest BCUT2D eigenvalue weighted by Gasteiger charge is -2.15. The molecule has 0 aromatic carbocycles. The summed E-state index contributed by atoms with van der Waals surface area (Å²) in [6.07, 6.45) is 3.47. The molecule has 0 spiro atoms. The van der Waals surface area contributed by atoms with Gasteiger partial charge in [0.15, 0.2) is 0 Å². The fourth-order valence-corrected chi connectivity index (χ4v) is 1.21. The summed E-state index contributed by atoms with van der Waals surface area (Å²) in [7, 11) is 1.74. The predicted molar refractivity (Wildman–Crippen MR) is 59.7 cm³/mol. The second-order valence-electron chi connectivity index (χ2n) is 3.48. The van der Waals surface area contributed by atoms with Crippen LogP contribution in [-0.4, -0.2) is 39.5 Å². The van der Waals surface area contributed by atoms with Crippen LogP contribution < -0.4 is 5.32 Å². The minimum Gasteiger partial charge on any atom is -0.383 e. The molecule has 3 heteroatoms. The first-order chi connectivity index (χ1) is 6.85. The average Bonchev–Trinajstić information content (AvgIpc) is 2.21. The van der Waals surface area contributed by atoms with Gasteiger partial charge in [0.2, 0.25) is 0 Å². The van der Waals surface area contributed by atoms with Crippen molar-refractivity contribution in [1.29, 1.82) is 0 Å². The molecule has 0 saturated carbocycles. The SMILES string of the molecule is CCCCOCCNC(CC)COC. The van der Waals surface area contributed by atoms with Crippen molar-refractivity contribution in [2.75, 3.05) is 33.5 Å². The summed E-state index contributed by atoms with van der Waals surface area (Å²) in [5.74, 6) is 0. The van der Waals surface area contributed by atoms with Gasteiger partial charge in [-0.15, -0.1) is 0 Å². The molecule has 0 aliphatic carbocycles. The van der Waals surface area contributed by atoms with Gasteiger partial charge in [-0.05, 0) is 12.8 Å². The zero-order valence-corrected chi connectivity index (χ0v) is 9.84. The Hall–Kier alpha value is -0.120. The molecule has 0 heterocycles. The zero-order chi connectivity index (χ0) is 10.6. The van der Waals surface area contributed by atoms with Crippen molar-refractivity contribution >= 4 is 0 Å². The van der Waals surface area contributed by atoms with Crippen molar-refractivity contribution in [1.82, 2.24) is 5.32 Å². The van der Waals surface area contributed by atoms with Crippen LogP contribution in [0.5, 0.6) is 0 Å². The number of unbranched alkanes of at least 4 members (excludes halogenated alkanes) is 1. The number of methoxy groups -OCH3 is 1. The average molecular weight is 203 g/mol. The monoisotopic (exact) mass is 203 g/mol. The van der Waals surface area contributed by atoms with Crippen molar-refractivity contribution < 1.29 is 9.47 Å². The maximum atomic E-state index is 5.44. The van der Waals surface area contributed by atoms with Crippen molar-refractivity contribution in [3.05, 3.63) is 0 Å². The first-order valence-electron chi connectivity index (χ1n) is 5.65. The van der Waals surface area contributed by atoms with Crippen LogP contribution in [0, 0.1) is 0 Å². The zero-order valence-electron chi connectivity index (χ0n) is 9.84. The molecule has 0 radical (unpaired) electrons. The predicted octanol–water partition coefficient (Wildman–Crippen LogP) is 1.82. The lowest BCUT2D eigenvalue weighted by atomic mass is 10.2. The van der Waals surface area contributed by atoms with Crippen LogP contribution in [0.2, 0.25) is 0 Å². The number of hydrogen-bond donors (Lipinski definition) is 1. The minimum absolute atomic E-state index is 0.467. The molecule has 0 aliphatic heterocycles. The fourth-order valence-electron chi connectivity index (χ4n) is 1.21. The molecular weight excluding hydrogens is 178 g/mol. The van der Waals surface area contributed by atoms with E-state index in [1.165, 1.54) is 6.42 Å². The summed E-state index contributed by atoms with van der Waals surface area (Å²) in [5.41, 5.74) is 0. The van der Waals surface area contributed by atoms with E-state index in [-0.39, 0.29) is 0 Å². The van der Waals surface area contributed by atoms with Crippen LogP contribution in [-0.2, 0) is 9.47 Å². The van der Waals surface area contributed by atoms with Crippen molar-refractivity contribution in [3.8, 4) is 0 Å². The molecule has 0 aromatic rings. The van der Waals surface area contributed by atoms with E-state index >= 15 is 0 Å². The first kappa shape index (κ1) is 13.9. The van der Waals surface area contributed by atoms with Gasteiger partial charge >= 0.3 is 0 Å². The van der Waals surface area contributed by atoms with Gasteiger partial charge in [0.1, 0.15) is 0 Å². The molecule has 1 atom stereocenters. The van der Waals surface area contributed by atoms with Crippen LogP contribution in [0.3, 0.4) is 0 Å². The summed E-state index contributed by atoms with van der Waals surface area (Å²) in [6, 6.07) is 0.467. The maximum Gasteiger partial charge on any atom is 0.0615 e. The smallest absolute Gasteiger partial charge is 0.0615 e. The van der Waals surface area contributed by atoms with E-state index in [9.17, 15) is 0 Å². The second kappa shape index (κ2) is 11.0. The van der Waals surface area contributed by atoms with E-state index in [1.54, 1.807) is 7.11 Å². The van der Waals surface area contributed by atoms with E-state index in [4.69, 9.17) is 9.47 Å². The molecule has 0 bridgehead atoms. The topological polar surface area (TPSA) is 30.5 Å². The number of ether oxygens (including phenoxy) is 2. The normalized spacial score (nSPS) is 13.1. The lowest BCUT2D eigenvalue weighted by molar-refractivity contribution is 0.121. The van der Waals surface area contributed by atoms with Gasteiger partial charge in [-0.2, -0.15) is 0 Å². The molecule has 86 valence electrons. The Morgan fingerprint density at radius 2 is 2.00 bits per heavy atom. The summed E-state index contributed by atoms with van der Waals surface area (Å²) in [5, 5.41) is 3.40. The standard InChI is InChI=1S/C11H25NO2/c1-4-6-8-14-9-7-12-11(5-2)10-13-3/h11-12H,4-10H2,1-3H3. The third kappa shape index (κ3) is 8.48. The molecule has 3 nitrogen and oxygen atoms in total. The lowest BCUT2D eigenvalue weighted by Crippen LogP contribution is -2.35. The Balaban J connectivity index is 3.15. The molecule has 0 amide bonds. The number of hydrogen-bond acceptors (Lipinski definition) is 3. The van der Waals surface area contributed by atoms with E-state index < -0.39 is 0 Å². The van der Waals surface area contributed by atoms with Crippen LogP contribution in [0.15, 0.2) is 0 Å². The van der Waals surface area contributed by atoms with Crippen LogP contribution in [0.25, 0.3) is 0 Å². The molecular formula is C11H25NO2. The van der Waals surface area contributed by atoms with Gasteiger partial charge in [-0.25, -0.2) is 0 Å².